The average Bonchev–Trinajstić information content (AvgIpc) is 3.37. The Bertz CT molecular complexity index is 1330. The Morgan fingerprint density at radius 1 is 1.11 bits per heavy atom. The first kappa shape index (κ1) is 27.0. The Morgan fingerprint density at radius 2 is 1.87 bits per heavy atom. The number of nitrogens with one attached hydrogen (secondary N) is 1. The molecule has 3 aromatic rings. The average molecular weight is 540 g/mol. The number of phenolic OH excluding ortho intramolecular Hbond substituents is 1. The molecule has 0 bridgehead atoms. The number of hydrogen-bond acceptors (Lipinski definition) is 8. The number of aliphatic hydroxyl groups is 1. The second-order valence-electron chi connectivity index (χ2n) is 8.14. The maximum atomic E-state index is 13.5. The van der Waals surface area contributed by atoms with Crippen LogP contribution >= 0.6 is 11.8 Å². The summed E-state index contributed by atoms with van der Waals surface area (Å²) in [5, 5.41) is 27.3. The molecule has 0 aliphatic carbocycles. The molecule has 2 amide bonds. The maximum absolute atomic E-state index is 13.5. The molecule has 0 saturated carbocycles. The monoisotopic (exact) mass is 539 g/mol. The Kier molecular flexibility index (Phi) is 8.82. The molecule has 9 nitrogen and oxygen atoms in total. The lowest BCUT2D eigenvalue weighted by atomic mass is 10.1. The number of carbonyl (C=O) groups excluding carboxylic acids is 2. The molecule has 3 aromatic carbocycles. The molecule has 0 saturated heterocycles. The van der Waals surface area contributed by atoms with Gasteiger partial charge in [0.05, 0.1) is 12.7 Å². The summed E-state index contributed by atoms with van der Waals surface area (Å²) >= 11 is 1.25. The lowest BCUT2D eigenvalue weighted by Gasteiger charge is -2.24. The van der Waals surface area contributed by atoms with Crippen molar-refractivity contribution in [1.29, 1.82) is 0 Å². The number of carbonyl (C=O) groups is 2. The Balaban J connectivity index is 1.67. The number of aliphatic hydroxyl groups excluding tert-OH is 1. The van der Waals surface area contributed by atoms with E-state index in [4.69, 9.17) is 14.6 Å². The number of nitrogens with zero attached hydrogens (tertiary/aromatic N) is 2. The highest BCUT2D eigenvalue weighted by molar-refractivity contribution is 8.14. The first-order valence-corrected chi connectivity index (χ1v) is 12.6. The molecule has 1 unspecified atom stereocenters. The lowest BCUT2D eigenvalue weighted by molar-refractivity contribution is -0.123. The van der Waals surface area contributed by atoms with E-state index in [-0.39, 0.29) is 36.2 Å². The summed E-state index contributed by atoms with van der Waals surface area (Å²) in [6.45, 7) is 0.0103. The molecule has 4 rings (SSSR count). The summed E-state index contributed by atoms with van der Waals surface area (Å²) in [6, 6.07) is 17.0. The number of phenols is 1. The maximum Gasteiger partial charge on any atom is 0.279 e. The van der Waals surface area contributed by atoms with Gasteiger partial charge in [-0.25, -0.2) is 9.40 Å². The molecule has 0 radical (unpaired) electrons. The van der Waals surface area contributed by atoms with Crippen LogP contribution in [0.3, 0.4) is 0 Å². The van der Waals surface area contributed by atoms with Crippen LogP contribution in [-0.4, -0.2) is 58.9 Å². The van der Waals surface area contributed by atoms with Crippen molar-refractivity contribution in [2.24, 2.45) is 5.10 Å². The fourth-order valence-electron chi connectivity index (χ4n) is 3.73. The fourth-order valence-corrected chi connectivity index (χ4v) is 4.91. The van der Waals surface area contributed by atoms with E-state index >= 15 is 0 Å². The molecule has 11 heteroatoms. The molecule has 38 heavy (non-hydrogen) atoms. The Labute approximate surface area is 222 Å². The standard InChI is InChI=1S/C27H26FN3O6S/c1-36-24-20(7-4-9-22(24)37-16-23(34)29-14-5-15-32)27-31(26(35)19-6-2-3-8-21(19)33)30-25(38-27)17-10-12-18(28)13-11-17/h2-4,6-13,27,32-33H,5,14-16H2,1H3,(H,29,34). The first-order chi connectivity index (χ1) is 18.4. The second kappa shape index (κ2) is 12.4. The molecule has 3 N–H and O–H groups in total. The number of methoxy groups -OCH3 is 1. The number of halogens is 1. The largest absolute Gasteiger partial charge is 0.507 e. The zero-order chi connectivity index (χ0) is 27.1. The molecule has 1 atom stereocenters. The van der Waals surface area contributed by atoms with Gasteiger partial charge in [-0.1, -0.05) is 36.0 Å². The third-order valence-electron chi connectivity index (χ3n) is 5.57. The SMILES string of the molecule is COc1c(OCC(=O)NCCCO)cccc1C1SC(c2ccc(F)cc2)=NN1C(=O)c1ccccc1O. The van der Waals surface area contributed by atoms with Crippen molar-refractivity contribution in [2.45, 2.75) is 11.8 Å². The third kappa shape index (κ3) is 6.06. The number of thioether (sulfide) groups is 1. The molecule has 0 fully saturated rings. The summed E-state index contributed by atoms with van der Waals surface area (Å²) in [6.07, 6.45) is 0.431. The van der Waals surface area contributed by atoms with E-state index in [0.29, 0.717) is 34.9 Å². The molecule has 1 aliphatic heterocycles. The fraction of sp³-hybridized carbons (Fsp3) is 0.222. The smallest absolute Gasteiger partial charge is 0.279 e. The molecule has 198 valence electrons. The summed E-state index contributed by atoms with van der Waals surface area (Å²) in [5.41, 5.74) is 1.22. The van der Waals surface area contributed by atoms with Crippen LogP contribution in [0.1, 0.15) is 33.3 Å². The van der Waals surface area contributed by atoms with Gasteiger partial charge in [-0.3, -0.25) is 9.59 Å². The normalized spacial score (nSPS) is 14.7. The van der Waals surface area contributed by atoms with Crippen molar-refractivity contribution >= 4 is 28.6 Å². The first-order valence-electron chi connectivity index (χ1n) is 11.7. The summed E-state index contributed by atoms with van der Waals surface area (Å²) < 4.78 is 24.9. The van der Waals surface area contributed by atoms with E-state index in [2.05, 4.69) is 10.4 Å². The number of para-hydroxylation sites is 2. The Morgan fingerprint density at radius 3 is 2.58 bits per heavy atom. The van der Waals surface area contributed by atoms with Crippen LogP contribution in [0.25, 0.3) is 0 Å². The van der Waals surface area contributed by atoms with E-state index in [1.54, 1.807) is 42.5 Å². The number of ether oxygens (including phenoxy) is 2. The van der Waals surface area contributed by atoms with Crippen LogP contribution < -0.4 is 14.8 Å². The molecular weight excluding hydrogens is 513 g/mol. The van der Waals surface area contributed by atoms with E-state index in [1.165, 1.54) is 48.1 Å². The van der Waals surface area contributed by atoms with Gasteiger partial charge in [-0.15, -0.1) is 0 Å². The number of rotatable bonds is 10. The van der Waals surface area contributed by atoms with Gasteiger partial charge in [0.25, 0.3) is 11.8 Å². The number of aromatic hydroxyl groups is 1. The van der Waals surface area contributed by atoms with E-state index in [0.717, 1.165) is 0 Å². The number of hydrazone groups is 1. The summed E-state index contributed by atoms with van der Waals surface area (Å²) in [4.78, 5) is 25.7. The highest BCUT2D eigenvalue weighted by atomic mass is 32.2. The van der Waals surface area contributed by atoms with Crippen LogP contribution in [0.2, 0.25) is 0 Å². The highest BCUT2D eigenvalue weighted by Crippen LogP contribution is 2.47. The molecular formula is C27H26FN3O6S. The number of amides is 2. The quantitative estimate of drug-likeness (QED) is 0.336. The van der Waals surface area contributed by atoms with Crippen molar-refractivity contribution in [2.75, 3.05) is 26.9 Å². The van der Waals surface area contributed by atoms with Gasteiger partial charge < -0.3 is 25.0 Å². The van der Waals surface area contributed by atoms with E-state index in [9.17, 15) is 19.1 Å². The van der Waals surface area contributed by atoms with Crippen LogP contribution in [0.4, 0.5) is 4.39 Å². The van der Waals surface area contributed by atoms with Crippen LogP contribution in [0.15, 0.2) is 71.8 Å². The minimum absolute atomic E-state index is 0.0337. The zero-order valence-corrected chi connectivity index (χ0v) is 21.3. The summed E-state index contributed by atoms with van der Waals surface area (Å²) in [7, 11) is 1.45. The molecule has 1 heterocycles. The minimum Gasteiger partial charge on any atom is -0.507 e. The van der Waals surface area contributed by atoms with Gasteiger partial charge in [0.2, 0.25) is 0 Å². The van der Waals surface area contributed by atoms with Gasteiger partial charge in [-0.05, 0) is 48.9 Å². The third-order valence-corrected chi connectivity index (χ3v) is 6.79. The molecule has 0 aromatic heterocycles. The van der Waals surface area contributed by atoms with Gasteiger partial charge in [0.1, 0.15) is 22.0 Å². The van der Waals surface area contributed by atoms with Gasteiger partial charge in [-0.2, -0.15) is 5.10 Å². The zero-order valence-electron chi connectivity index (χ0n) is 20.5. The van der Waals surface area contributed by atoms with Crippen molar-refractivity contribution in [3.8, 4) is 17.2 Å². The summed E-state index contributed by atoms with van der Waals surface area (Å²) in [5.74, 6) is -0.911. The predicted octanol–water partition coefficient (Wildman–Crippen LogP) is 3.67. The lowest BCUT2D eigenvalue weighted by Crippen LogP contribution is -2.30. The Hall–Kier alpha value is -4.09. The second-order valence-corrected chi connectivity index (χ2v) is 9.21. The van der Waals surface area contributed by atoms with Crippen LogP contribution in [0.5, 0.6) is 17.2 Å². The van der Waals surface area contributed by atoms with Gasteiger partial charge >= 0.3 is 0 Å². The number of hydrogen-bond donors (Lipinski definition) is 3. The van der Waals surface area contributed by atoms with Crippen molar-refractivity contribution in [3.63, 3.8) is 0 Å². The number of benzene rings is 3. The highest BCUT2D eigenvalue weighted by Gasteiger charge is 2.37. The van der Waals surface area contributed by atoms with Crippen molar-refractivity contribution in [3.05, 3.63) is 89.2 Å². The topological polar surface area (TPSA) is 121 Å². The van der Waals surface area contributed by atoms with E-state index in [1.807, 2.05) is 0 Å². The minimum atomic E-state index is -0.723. The molecule has 0 spiro atoms. The van der Waals surface area contributed by atoms with Gasteiger partial charge in [0, 0.05) is 24.3 Å². The van der Waals surface area contributed by atoms with Gasteiger partial charge in [0.15, 0.2) is 18.1 Å². The predicted molar refractivity (Wildman–Crippen MR) is 141 cm³/mol. The van der Waals surface area contributed by atoms with Crippen LogP contribution in [0, 0.1) is 5.82 Å². The van der Waals surface area contributed by atoms with E-state index < -0.39 is 17.1 Å². The van der Waals surface area contributed by atoms with Crippen molar-refractivity contribution < 1.29 is 33.7 Å². The van der Waals surface area contributed by atoms with Crippen molar-refractivity contribution in [1.82, 2.24) is 10.3 Å². The molecule has 1 aliphatic rings. The van der Waals surface area contributed by atoms with Crippen LogP contribution in [-0.2, 0) is 4.79 Å².